The Labute approximate surface area is 174 Å². The summed E-state index contributed by atoms with van der Waals surface area (Å²) in [5.41, 5.74) is 0.0838. The van der Waals surface area contributed by atoms with Gasteiger partial charge in [-0.2, -0.15) is 8.42 Å². The summed E-state index contributed by atoms with van der Waals surface area (Å²) in [6.07, 6.45) is 0. The van der Waals surface area contributed by atoms with Crippen LogP contribution < -0.4 is 4.47 Å². The van der Waals surface area contributed by atoms with E-state index in [1.54, 1.807) is 0 Å². The van der Waals surface area contributed by atoms with Gasteiger partial charge >= 0.3 is 16.3 Å². The van der Waals surface area contributed by atoms with E-state index in [0.717, 1.165) is 6.07 Å². The van der Waals surface area contributed by atoms with E-state index in [9.17, 15) is 22.8 Å². The van der Waals surface area contributed by atoms with Crippen molar-refractivity contribution in [3.8, 4) is 11.3 Å². The molecule has 156 valence electrons. The summed E-state index contributed by atoms with van der Waals surface area (Å²) in [5, 5.41) is 9.92. The predicted molar refractivity (Wildman–Crippen MR) is 108 cm³/mol. The summed E-state index contributed by atoms with van der Waals surface area (Å²) in [4.78, 5) is 12.3. The highest BCUT2D eigenvalue weighted by atomic mass is 79.9. The van der Waals surface area contributed by atoms with E-state index in [0.29, 0.717) is 5.56 Å². The van der Waals surface area contributed by atoms with E-state index in [1.165, 1.54) is 37.4 Å². The lowest BCUT2D eigenvalue weighted by atomic mass is 10.1. The molecule has 0 saturated heterocycles. The number of carbonyl (C=O) groups excluding carboxylic acids is 1. The van der Waals surface area contributed by atoms with Gasteiger partial charge in [0.2, 0.25) is 0 Å². The summed E-state index contributed by atoms with van der Waals surface area (Å²) in [7, 11) is -3.77. The van der Waals surface area contributed by atoms with Crippen LogP contribution in [-0.4, -0.2) is 31.3 Å². The van der Waals surface area contributed by atoms with Gasteiger partial charge in [-0.3, -0.25) is 9.76 Å². The van der Waals surface area contributed by atoms with E-state index >= 15 is 0 Å². The zero-order valence-electron chi connectivity index (χ0n) is 15.5. The van der Waals surface area contributed by atoms with Gasteiger partial charge in [0.15, 0.2) is 0 Å². The molecule has 0 spiro atoms. The van der Waals surface area contributed by atoms with Crippen LogP contribution in [-0.2, 0) is 15.0 Å². The third-order valence-corrected chi connectivity index (χ3v) is 4.95. The third-order valence-electron chi connectivity index (χ3n) is 3.68. The Hall–Kier alpha value is -2.47. The number of hydrogen-bond donors (Lipinski definition) is 2. The molecule has 2 aromatic carbocycles. The first-order valence-electron chi connectivity index (χ1n) is 8.20. The normalized spacial score (nSPS) is 11.0. The van der Waals surface area contributed by atoms with Gasteiger partial charge in [-0.1, -0.05) is 13.8 Å². The minimum atomic E-state index is -4.94. The smallest absolute Gasteiger partial charge is 0.382 e. The monoisotopic (exact) mass is 489 g/mol. The highest BCUT2D eigenvalue weighted by Gasteiger charge is 2.27. The maximum Gasteiger partial charge on any atom is 0.382 e. The fraction of sp³-hybridized carbons (Fsp3) is 0.167. The van der Waals surface area contributed by atoms with Crippen LogP contribution >= 0.6 is 15.9 Å². The fourth-order valence-corrected chi connectivity index (χ4v) is 3.51. The summed E-state index contributed by atoms with van der Waals surface area (Å²) in [5.74, 6) is -1.15. The SMILES string of the molecule is CC.COC(=O)c1c(-c2ccc(F)cc2)oc2cc(N(O)S(=O)(=O)O)c(Br)cc12. The molecule has 0 saturated carbocycles. The Morgan fingerprint density at radius 2 is 1.79 bits per heavy atom. The van der Waals surface area contributed by atoms with Gasteiger partial charge in [-0.15, -0.1) is 4.47 Å². The summed E-state index contributed by atoms with van der Waals surface area (Å²) in [6, 6.07) is 7.57. The predicted octanol–water partition coefficient (Wildman–Crippen LogP) is 4.81. The first kappa shape index (κ1) is 22.8. The zero-order valence-corrected chi connectivity index (χ0v) is 17.9. The van der Waals surface area contributed by atoms with Crippen molar-refractivity contribution in [2.75, 3.05) is 11.6 Å². The van der Waals surface area contributed by atoms with Crippen LogP contribution in [0.15, 0.2) is 45.3 Å². The van der Waals surface area contributed by atoms with Gasteiger partial charge in [0.1, 0.15) is 28.4 Å². The van der Waals surface area contributed by atoms with Crippen LogP contribution in [0.5, 0.6) is 0 Å². The second-order valence-electron chi connectivity index (χ2n) is 5.33. The lowest BCUT2D eigenvalue weighted by Gasteiger charge is -2.14. The third kappa shape index (κ3) is 4.58. The molecule has 0 atom stereocenters. The summed E-state index contributed by atoms with van der Waals surface area (Å²) in [6.45, 7) is 4.00. The molecular weight excluding hydrogens is 473 g/mol. The molecule has 3 rings (SSSR count). The van der Waals surface area contributed by atoms with Crippen molar-refractivity contribution >= 4 is 48.9 Å². The van der Waals surface area contributed by atoms with Crippen molar-refractivity contribution in [2.45, 2.75) is 13.8 Å². The number of fused-ring (bicyclic) bond motifs is 1. The van der Waals surface area contributed by atoms with Crippen molar-refractivity contribution in [2.24, 2.45) is 0 Å². The molecule has 29 heavy (non-hydrogen) atoms. The van der Waals surface area contributed by atoms with Gasteiger partial charge in [-0.25, -0.2) is 9.18 Å². The van der Waals surface area contributed by atoms with Gasteiger partial charge in [-0.05, 0) is 46.3 Å². The van der Waals surface area contributed by atoms with Gasteiger partial charge in [0, 0.05) is 21.5 Å². The molecule has 0 unspecified atom stereocenters. The number of benzene rings is 2. The Kier molecular flexibility index (Phi) is 7.01. The molecule has 0 amide bonds. The molecule has 0 bridgehead atoms. The molecule has 0 aliphatic rings. The Morgan fingerprint density at radius 3 is 2.31 bits per heavy atom. The largest absolute Gasteiger partial charge is 0.465 e. The number of ether oxygens (including phenoxy) is 1. The lowest BCUT2D eigenvalue weighted by molar-refractivity contribution is 0.0603. The Balaban J connectivity index is 0.00000145. The highest BCUT2D eigenvalue weighted by Crippen LogP contribution is 2.39. The van der Waals surface area contributed by atoms with E-state index in [2.05, 4.69) is 15.9 Å². The molecule has 0 radical (unpaired) electrons. The second kappa shape index (κ2) is 8.91. The standard InChI is InChI=1S/C16H11BrFNO7S.C2H6/c1-25-16(20)14-10-6-11(17)12(19(21)27(22,23)24)7-13(10)26-15(14)8-2-4-9(18)5-3-8;1-2/h2-7,21H,1H3,(H,22,23,24);1-2H3. The van der Waals surface area contributed by atoms with E-state index < -0.39 is 22.1 Å². The number of carbonyl (C=O) groups is 1. The number of nitrogens with zero attached hydrogens (tertiary/aromatic N) is 1. The molecule has 8 nitrogen and oxygen atoms in total. The van der Waals surface area contributed by atoms with Crippen molar-refractivity contribution in [3.05, 3.63) is 52.3 Å². The number of esters is 1. The maximum atomic E-state index is 13.2. The fourth-order valence-electron chi connectivity index (χ4n) is 2.49. The molecule has 1 aromatic heterocycles. The van der Waals surface area contributed by atoms with E-state index in [1.807, 2.05) is 13.8 Å². The molecule has 11 heteroatoms. The second-order valence-corrected chi connectivity index (χ2v) is 7.42. The van der Waals surface area contributed by atoms with Crippen LogP contribution in [0.1, 0.15) is 24.2 Å². The molecule has 3 aromatic rings. The quantitative estimate of drug-likeness (QED) is 0.306. The van der Waals surface area contributed by atoms with Crippen molar-refractivity contribution in [1.29, 1.82) is 0 Å². The Bertz CT molecular complexity index is 1140. The van der Waals surface area contributed by atoms with Crippen LogP contribution in [0, 0.1) is 5.82 Å². The maximum absolute atomic E-state index is 13.2. The number of methoxy groups -OCH3 is 1. The lowest BCUT2D eigenvalue weighted by Crippen LogP contribution is -2.26. The topological polar surface area (TPSA) is 117 Å². The van der Waals surface area contributed by atoms with Crippen molar-refractivity contribution < 1.29 is 36.5 Å². The molecule has 0 aliphatic carbocycles. The minimum Gasteiger partial charge on any atom is -0.465 e. The molecular formula is C18H17BrFNO7S. The van der Waals surface area contributed by atoms with Gasteiger partial charge in [0.25, 0.3) is 0 Å². The molecule has 0 aliphatic heterocycles. The number of furan rings is 1. The zero-order chi connectivity index (χ0) is 21.9. The van der Waals surface area contributed by atoms with E-state index in [-0.39, 0.29) is 36.9 Å². The van der Waals surface area contributed by atoms with Crippen LogP contribution in [0.4, 0.5) is 10.1 Å². The van der Waals surface area contributed by atoms with Gasteiger partial charge in [0.05, 0.1) is 7.11 Å². The first-order valence-corrected chi connectivity index (χ1v) is 10.4. The minimum absolute atomic E-state index is 0.0237. The van der Waals surface area contributed by atoms with Crippen LogP contribution in [0.2, 0.25) is 0 Å². The summed E-state index contributed by atoms with van der Waals surface area (Å²) >= 11 is 3.07. The summed E-state index contributed by atoms with van der Waals surface area (Å²) < 4.78 is 54.7. The first-order chi connectivity index (χ1) is 13.6. The van der Waals surface area contributed by atoms with Crippen LogP contribution in [0.3, 0.4) is 0 Å². The average molecular weight is 490 g/mol. The van der Waals surface area contributed by atoms with Crippen LogP contribution in [0.25, 0.3) is 22.3 Å². The number of halogens is 2. The number of anilines is 1. The molecule has 1 heterocycles. The Morgan fingerprint density at radius 1 is 1.21 bits per heavy atom. The molecule has 2 N–H and O–H groups in total. The molecule has 0 fully saturated rings. The van der Waals surface area contributed by atoms with Gasteiger partial charge < -0.3 is 9.15 Å². The highest BCUT2D eigenvalue weighted by molar-refractivity contribution is 9.10. The van der Waals surface area contributed by atoms with Crippen molar-refractivity contribution in [3.63, 3.8) is 0 Å². The van der Waals surface area contributed by atoms with E-state index in [4.69, 9.17) is 13.7 Å². The number of rotatable bonds is 4. The average Bonchev–Trinajstić information content (AvgIpc) is 3.05. The number of hydrogen-bond acceptors (Lipinski definition) is 6. The van der Waals surface area contributed by atoms with Crippen molar-refractivity contribution in [1.82, 2.24) is 0 Å².